The number of nitrogens with zero attached hydrogens (tertiary/aromatic N) is 2. The van der Waals surface area contributed by atoms with Gasteiger partial charge in [0, 0.05) is 19.7 Å². The smallest absolute Gasteiger partial charge is 0.292 e. The highest BCUT2D eigenvalue weighted by Crippen LogP contribution is 2.27. The molecule has 1 amide bonds. The van der Waals surface area contributed by atoms with E-state index in [0.29, 0.717) is 12.2 Å². The fraction of sp³-hybridized carbons (Fsp3) is 0.417. The first kappa shape index (κ1) is 14.0. The summed E-state index contributed by atoms with van der Waals surface area (Å²) in [6.07, 6.45) is 0. The lowest BCUT2D eigenvalue weighted by Crippen LogP contribution is -2.32. The van der Waals surface area contributed by atoms with Crippen LogP contribution in [0.1, 0.15) is 12.5 Å². The molecule has 0 aliphatic rings. The van der Waals surface area contributed by atoms with Gasteiger partial charge in [0.15, 0.2) is 0 Å². The van der Waals surface area contributed by atoms with Gasteiger partial charge in [-0.15, -0.1) is 0 Å². The molecule has 0 saturated heterocycles. The predicted octanol–water partition coefficient (Wildman–Crippen LogP) is 1.79. The molecule has 1 aromatic rings. The molecule has 1 rings (SSSR count). The average molecular weight is 251 g/mol. The van der Waals surface area contributed by atoms with Crippen LogP contribution in [0.3, 0.4) is 0 Å². The summed E-state index contributed by atoms with van der Waals surface area (Å²) in [6, 6.07) is 4.81. The number of nitro groups is 1. The topological polar surface area (TPSA) is 75.5 Å². The van der Waals surface area contributed by atoms with Crippen LogP contribution < -0.4 is 5.32 Å². The van der Waals surface area contributed by atoms with E-state index in [0.717, 1.165) is 5.56 Å². The van der Waals surface area contributed by atoms with Crippen LogP contribution in [0.2, 0.25) is 0 Å². The van der Waals surface area contributed by atoms with E-state index in [4.69, 9.17) is 0 Å². The number of anilines is 1. The van der Waals surface area contributed by atoms with E-state index in [9.17, 15) is 14.9 Å². The summed E-state index contributed by atoms with van der Waals surface area (Å²) in [5.41, 5.74) is 1.14. The third kappa shape index (κ3) is 3.19. The first-order chi connectivity index (χ1) is 8.47. The van der Waals surface area contributed by atoms with Crippen LogP contribution in [0, 0.1) is 17.0 Å². The molecule has 0 saturated carbocycles. The lowest BCUT2D eigenvalue weighted by atomic mass is 10.1. The number of benzene rings is 1. The molecule has 0 heterocycles. The SMILES string of the molecule is CCN(C)C(=O)CNc1c(C)cccc1[N+](=O)[O-]. The molecule has 0 fully saturated rings. The Hall–Kier alpha value is -2.11. The fourth-order valence-electron chi connectivity index (χ4n) is 1.51. The van der Waals surface area contributed by atoms with Crippen LogP contribution >= 0.6 is 0 Å². The summed E-state index contributed by atoms with van der Waals surface area (Å²) in [5, 5.41) is 13.7. The zero-order valence-corrected chi connectivity index (χ0v) is 10.8. The molecule has 0 bridgehead atoms. The minimum Gasteiger partial charge on any atom is -0.370 e. The van der Waals surface area contributed by atoms with Gasteiger partial charge in [-0.1, -0.05) is 12.1 Å². The zero-order valence-electron chi connectivity index (χ0n) is 10.8. The highest BCUT2D eigenvalue weighted by Gasteiger charge is 2.16. The Balaban J connectivity index is 2.84. The van der Waals surface area contributed by atoms with Crippen molar-refractivity contribution in [2.45, 2.75) is 13.8 Å². The number of nitro benzene ring substituents is 1. The van der Waals surface area contributed by atoms with Crippen molar-refractivity contribution in [2.24, 2.45) is 0 Å². The molecule has 18 heavy (non-hydrogen) atoms. The molecular formula is C12H17N3O3. The third-order valence-electron chi connectivity index (χ3n) is 2.76. The highest BCUT2D eigenvalue weighted by atomic mass is 16.6. The van der Waals surface area contributed by atoms with Crippen LogP contribution in [-0.2, 0) is 4.79 Å². The molecule has 0 aromatic heterocycles. The minimum atomic E-state index is -0.455. The van der Waals surface area contributed by atoms with Gasteiger partial charge in [0.05, 0.1) is 11.5 Å². The number of hydrogen-bond donors (Lipinski definition) is 1. The average Bonchev–Trinajstić information content (AvgIpc) is 2.35. The van der Waals surface area contributed by atoms with Crippen molar-refractivity contribution < 1.29 is 9.72 Å². The Morgan fingerprint density at radius 1 is 1.50 bits per heavy atom. The van der Waals surface area contributed by atoms with E-state index in [1.165, 1.54) is 6.07 Å². The molecule has 98 valence electrons. The molecule has 0 spiro atoms. The molecule has 0 atom stereocenters. The van der Waals surface area contributed by atoms with Crippen molar-refractivity contribution >= 4 is 17.3 Å². The second kappa shape index (κ2) is 6.00. The number of aryl methyl sites for hydroxylation is 1. The summed E-state index contributed by atoms with van der Waals surface area (Å²) >= 11 is 0. The van der Waals surface area contributed by atoms with Crippen molar-refractivity contribution in [3.63, 3.8) is 0 Å². The Morgan fingerprint density at radius 2 is 2.17 bits per heavy atom. The predicted molar refractivity (Wildman–Crippen MR) is 69.6 cm³/mol. The maximum Gasteiger partial charge on any atom is 0.292 e. The Bertz CT molecular complexity index is 460. The van der Waals surface area contributed by atoms with Gasteiger partial charge in [-0.2, -0.15) is 0 Å². The van der Waals surface area contributed by atoms with E-state index in [1.54, 1.807) is 31.0 Å². The van der Waals surface area contributed by atoms with Crippen molar-refractivity contribution in [1.82, 2.24) is 4.90 Å². The number of likely N-dealkylation sites (N-methyl/N-ethyl adjacent to an activating group) is 1. The first-order valence-electron chi connectivity index (χ1n) is 5.69. The summed E-state index contributed by atoms with van der Waals surface area (Å²) in [6.45, 7) is 4.30. The molecule has 6 heteroatoms. The van der Waals surface area contributed by atoms with Crippen molar-refractivity contribution in [1.29, 1.82) is 0 Å². The van der Waals surface area contributed by atoms with Crippen molar-refractivity contribution in [3.8, 4) is 0 Å². The van der Waals surface area contributed by atoms with Crippen LogP contribution in [0.5, 0.6) is 0 Å². The van der Waals surface area contributed by atoms with Gasteiger partial charge in [-0.25, -0.2) is 0 Å². The molecule has 1 aromatic carbocycles. The normalized spacial score (nSPS) is 9.94. The quantitative estimate of drug-likeness (QED) is 0.639. The van der Waals surface area contributed by atoms with Gasteiger partial charge in [-0.05, 0) is 19.4 Å². The van der Waals surface area contributed by atoms with E-state index in [2.05, 4.69) is 5.32 Å². The number of hydrogen-bond acceptors (Lipinski definition) is 4. The van der Waals surface area contributed by atoms with E-state index in [-0.39, 0.29) is 18.1 Å². The summed E-state index contributed by atoms with van der Waals surface area (Å²) in [7, 11) is 1.69. The highest BCUT2D eigenvalue weighted by molar-refractivity contribution is 5.82. The Labute approximate surface area is 106 Å². The van der Waals surface area contributed by atoms with E-state index in [1.807, 2.05) is 6.92 Å². The second-order valence-corrected chi connectivity index (χ2v) is 3.99. The van der Waals surface area contributed by atoms with Gasteiger partial charge >= 0.3 is 0 Å². The third-order valence-corrected chi connectivity index (χ3v) is 2.76. The Morgan fingerprint density at radius 3 is 2.72 bits per heavy atom. The standard InChI is InChI=1S/C12H17N3O3/c1-4-14(3)11(16)8-13-12-9(2)6-5-7-10(12)15(17)18/h5-7,13H,4,8H2,1-3H3. The lowest BCUT2D eigenvalue weighted by Gasteiger charge is -2.16. The number of rotatable bonds is 5. The molecule has 0 aliphatic heterocycles. The monoisotopic (exact) mass is 251 g/mol. The van der Waals surface area contributed by atoms with Crippen LogP contribution in [0.25, 0.3) is 0 Å². The molecule has 1 N–H and O–H groups in total. The lowest BCUT2D eigenvalue weighted by molar-refractivity contribution is -0.384. The maximum atomic E-state index is 11.6. The molecular weight excluding hydrogens is 234 g/mol. The zero-order chi connectivity index (χ0) is 13.7. The molecule has 0 aliphatic carbocycles. The summed E-state index contributed by atoms with van der Waals surface area (Å²) in [4.78, 5) is 23.6. The van der Waals surface area contributed by atoms with Gasteiger partial charge in [0.1, 0.15) is 5.69 Å². The number of amides is 1. The molecule has 6 nitrogen and oxygen atoms in total. The number of nitrogens with one attached hydrogen (secondary N) is 1. The van der Waals surface area contributed by atoms with Crippen LogP contribution in [0.15, 0.2) is 18.2 Å². The second-order valence-electron chi connectivity index (χ2n) is 3.99. The minimum absolute atomic E-state index is 0.0121. The van der Waals surface area contributed by atoms with E-state index < -0.39 is 4.92 Å². The first-order valence-corrected chi connectivity index (χ1v) is 5.69. The fourth-order valence-corrected chi connectivity index (χ4v) is 1.51. The van der Waals surface area contributed by atoms with Crippen LogP contribution in [0.4, 0.5) is 11.4 Å². The molecule has 0 unspecified atom stereocenters. The van der Waals surface area contributed by atoms with Crippen molar-refractivity contribution in [2.75, 3.05) is 25.5 Å². The number of carbonyl (C=O) groups excluding carboxylic acids is 1. The number of para-hydroxylation sites is 1. The maximum absolute atomic E-state index is 11.6. The van der Waals surface area contributed by atoms with E-state index >= 15 is 0 Å². The largest absolute Gasteiger partial charge is 0.370 e. The van der Waals surface area contributed by atoms with Gasteiger partial charge < -0.3 is 10.2 Å². The number of carbonyl (C=O) groups is 1. The Kier molecular flexibility index (Phi) is 4.65. The summed E-state index contributed by atoms with van der Waals surface area (Å²) < 4.78 is 0. The van der Waals surface area contributed by atoms with Crippen LogP contribution in [-0.4, -0.2) is 35.9 Å². The summed E-state index contributed by atoms with van der Waals surface area (Å²) in [5.74, 6) is -0.102. The van der Waals surface area contributed by atoms with Gasteiger partial charge in [-0.3, -0.25) is 14.9 Å². The van der Waals surface area contributed by atoms with Crippen molar-refractivity contribution in [3.05, 3.63) is 33.9 Å². The molecule has 0 radical (unpaired) electrons. The van der Waals surface area contributed by atoms with Gasteiger partial charge in [0.2, 0.25) is 5.91 Å². The van der Waals surface area contributed by atoms with Gasteiger partial charge in [0.25, 0.3) is 5.69 Å².